The number of carbonyl (C=O) groups excluding carboxylic acids is 1. The summed E-state index contributed by atoms with van der Waals surface area (Å²) in [4.78, 5) is 22.1. The molecule has 2 aromatic carbocycles. The van der Waals surface area contributed by atoms with Gasteiger partial charge in [-0.3, -0.25) is 14.9 Å². The number of non-ortho nitro benzene ring substituents is 1. The van der Waals surface area contributed by atoms with Crippen LogP contribution in [0.5, 0.6) is 0 Å². The largest absolute Gasteiger partial charge is 0.324 e. The molecule has 0 aromatic heterocycles. The van der Waals surface area contributed by atoms with Crippen LogP contribution >= 0.6 is 35.0 Å². The van der Waals surface area contributed by atoms with Gasteiger partial charge in [0.25, 0.3) is 5.69 Å². The predicted octanol–water partition coefficient (Wildman–Crippen LogP) is 4.91. The summed E-state index contributed by atoms with van der Waals surface area (Å²) in [7, 11) is 0. The van der Waals surface area contributed by atoms with E-state index < -0.39 is 16.6 Å². The SMILES string of the molecule is O=C(CSCc1c(F)cccc1Cl)Nc1cc([N+](=O)[O-])ccc1Cl. The van der Waals surface area contributed by atoms with Crippen molar-refractivity contribution in [3.8, 4) is 0 Å². The van der Waals surface area contributed by atoms with Crippen LogP contribution in [0.2, 0.25) is 10.0 Å². The monoisotopic (exact) mass is 388 g/mol. The number of nitro benzene ring substituents is 1. The summed E-state index contributed by atoms with van der Waals surface area (Å²) in [5, 5.41) is 13.7. The van der Waals surface area contributed by atoms with Crippen molar-refractivity contribution in [3.05, 3.63) is 67.9 Å². The van der Waals surface area contributed by atoms with Crippen molar-refractivity contribution >= 4 is 52.2 Å². The van der Waals surface area contributed by atoms with E-state index in [-0.39, 0.29) is 27.9 Å². The van der Waals surface area contributed by atoms with E-state index in [0.717, 1.165) is 11.8 Å². The highest BCUT2D eigenvalue weighted by Gasteiger charge is 2.13. The molecule has 2 aromatic rings. The van der Waals surface area contributed by atoms with Crippen LogP contribution in [0.15, 0.2) is 36.4 Å². The maximum absolute atomic E-state index is 13.6. The van der Waals surface area contributed by atoms with E-state index in [2.05, 4.69) is 5.32 Å². The number of thioether (sulfide) groups is 1. The lowest BCUT2D eigenvalue weighted by atomic mass is 10.2. The average molecular weight is 389 g/mol. The first-order valence-electron chi connectivity index (χ1n) is 6.63. The fourth-order valence-electron chi connectivity index (χ4n) is 1.82. The molecule has 9 heteroatoms. The smallest absolute Gasteiger partial charge is 0.271 e. The third kappa shape index (κ3) is 4.83. The second-order valence-electron chi connectivity index (χ2n) is 4.66. The minimum absolute atomic E-state index is 0.0175. The zero-order valence-electron chi connectivity index (χ0n) is 12.1. The Bertz CT molecular complexity index is 769. The Kier molecular flexibility index (Phi) is 6.42. The molecule has 0 fully saturated rings. The molecule has 1 amide bonds. The molecule has 1 N–H and O–H groups in total. The molecule has 24 heavy (non-hydrogen) atoms. The second-order valence-corrected chi connectivity index (χ2v) is 6.46. The van der Waals surface area contributed by atoms with Crippen molar-refractivity contribution in [1.29, 1.82) is 0 Å². The molecule has 5 nitrogen and oxygen atoms in total. The van der Waals surface area contributed by atoms with Crippen molar-refractivity contribution in [2.45, 2.75) is 5.75 Å². The van der Waals surface area contributed by atoms with Crippen LogP contribution in [0.1, 0.15) is 5.56 Å². The molecule has 0 heterocycles. The van der Waals surface area contributed by atoms with E-state index in [1.165, 1.54) is 30.3 Å². The molecule has 0 radical (unpaired) electrons. The van der Waals surface area contributed by atoms with Crippen LogP contribution in [0.4, 0.5) is 15.8 Å². The number of halogens is 3. The van der Waals surface area contributed by atoms with Gasteiger partial charge in [0, 0.05) is 28.5 Å². The highest BCUT2D eigenvalue weighted by Crippen LogP contribution is 2.27. The third-order valence-electron chi connectivity index (χ3n) is 2.98. The number of amides is 1. The molecule has 126 valence electrons. The van der Waals surface area contributed by atoms with E-state index in [1.807, 2.05) is 0 Å². The Morgan fingerprint density at radius 1 is 1.25 bits per heavy atom. The summed E-state index contributed by atoms with van der Waals surface area (Å²) in [5.74, 6) is -0.599. The van der Waals surface area contributed by atoms with E-state index >= 15 is 0 Å². The number of nitro groups is 1. The molecule has 0 aliphatic heterocycles. The first-order chi connectivity index (χ1) is 11.4. The molecular formula is C15H11Cl2FN2O3S. The Labute approximate surface area is 151 Å². The summed E-state index contributed by atoms with van der Waals surface area (Å²) in [6, 6.07) is 8.13. The fraction of sp³-hybridized carbons (Fsp3) is 0.133. The van der Waals surface area contributed by atoms with Crippen LogP contribution < -0.4 is 5.32 Å². The van der Waals surface area contributed by atoms with Gasteiger partial charge in [-0.25, -0.2) is 4.39 Å². The highest BCUT2D eigenvalue weighted by atomic mass is 35.5. The first kappa shape index (κ1) is 18.5. The number of benzene rings is 2. The minimum atomic E-state index is -0.582. The summed E-state index contributed by atoms with van der Waals surface area (Å²) in [6.07, 6.45) is 0. The zero-order valence-corrected chi connectivity index (χ0v) is 14.4. The summed E-state index contributed by atoms with van der Waals surface area (Å²) >= 11 is 13.0. The van der Waals surface area contributed by atoms with Crippen molar-refractivity contribution in [3.63, 3.8) is 0 Å². The quantitative estimate of drug-likeness (QED) is 0.563. The maximum atomic E-state index is 13.6. The van der Waals surface area contributed by atoms with Crippen LogP contribution in [0.25, 0.3) is 0 Å². The summed E-state index contributed by atoms with van der Waals surface area (Å²) in [6.45, 7) is 0. The Morgan fingerprint density at radius 3 is 2.67 bits per heavy atom. The Hall–Kier alpha value is -1.83. The molecule has 2 rings (SSSR count). The Morgan fingerprint density at radius 2 is 2.00 bits per heavy atom. The number of hydrogen-bond acceptors (Lipinski definition) is 4. The van der Waals surface area contributed by atoms with Crippen LogP contribution in [-0.2, 0) is 10.5 Å². The number of hydrogen-bond donors (Lipinski definition) is 1. The molecule has 0 saturated carbocycles. The number of nitrogens with one attached hydrogen (secondary N) is 1. The standard InChI is InChI=1S/C15H11Cl2FN2O3S/c16-11-2-1-3-13(18)10(11)7-24-8-15(21)19-14-6-9(20(22)23)4-5-12(14)17/h1-6H,7-8H2,(H,19,21). The average Bonchev–Trinajstić information content (AvgIpc) is 2.52. The number of anilines is 1. The van der Waals surface area contributed by atoms with E-state index in [1.54, 1.807) is 6.07 Å². The van der Waals surface area contributed by atoms with Crippen molar-refractivity contribution < 1.29 is 14.1 Å². The van der Waals surface area contributed by atoms with Gasteiger partial charge in [-0.1, -0.05) is 29.3 Å². The zero-order chi connectivity index (χ0) is 17.7. The lowest BCUT2D eigenvalue weighted by Gasteiger charge is -2.08. The molecule has 0 bridgehead atoms. The van der Waals surface area contributed by atoms with E-state index in [9.17, 15) is 19.3 Å². The third-order valence-corrected chi connectivity index (χ3v) is 4.62. The topological polar surface area (TPSA) is 72.2 Å². The molecule has 0 spiro atoms. The number of carbonyl (C=O) groups is 1. The van der Waals surface area contributed by atoms with Gasteiger partial charge in [0.15, 0.2) is 0 Å². The van der Waals surface area contributed by atoms with Gasteiger partial charge in [0.1, 0.15) is 5.82 Å². The van der Waals surface area contributed by atoms with Gasteiger partial charge in [0.2, 0.25) is 5.91 Å². The molecule has 0 saturated heterocycles. The molecule has 0 unspecified atom stereocenters. The van der Waals surface area contributed by atoms with Crippen LogP contribution in [0.3, 0.4) is 0 Å². The van der Waals surface area contributed by atoms with Gasteiger partial charge in [-0.2, -0.15) is 0 Å². The van der Waals surface area contributed by atoms with Gasteiger partial charge >= 0.3 is 0 Å². The lowest BCUT2D eigenvalue weighted by molar-refractivity contribution is -0.384. The van der Waals surface area contributed by atoms with Gasteiger partial charge in [-0.15, -0.1) is 11.8 Å². The van der Waals surface area contributed by atoms with E-state index in [0.29, 0.717) is 10.6 Å². The van der Waals surface area contributed by atoms with Gasteiger partial charge in [-0.05, 0) is 18.2 Å². The van der Waals surface area contributed by atoms with Crippen molar-refractivity contribution in [1.82, 2.24) is 0 Å². The minimum Gasteiger partial charge on any atom is -0.324 e. The summed E-state index contributed by atoms with van der Waals surface area (Å²) in [5.41, 5.74) is 0.297. The second kappa shape index (κ2) is 8.32. The lowest BCUT2D eigenvalue weighted by Crippen LogP contribution is -2.14. The Balaban J connectivity index is 1.94. The van der Waals surface area contributed by atoms with Crippen LogP contribution in [-0.4, -0.2) is 16.6 Å². The van der Waals surface area contributed by atoms with Crippen molar-refractivity contribution in [2.75, 3.05) is 11.1 Å². The highest BCUT2D eigenvalue weighted by molar-refractivity contribution is 7.99. The van der Waals surface area contributed by atoms with Crippen molar-refractivity contribution in [2.24, 2.45) is 0 Å². The van der Waals surface area contributed by atoms with E-state index in [4.69, 9.17) is 23.2 Å². The number of rotatable bonds is 6. The normalized spacial score (nSPS) is 10.5. The molecule has 0 aliphatic carbocycles. The first-order valence-corrected chi connectivity index (χ1v) is 8.54. The predicted molar refractivity (Wildman–Crippen MR) is 94.3 cm³/mol. The fourth-order valence-corrected chi connectivity index (χ4v) is 3.16. The number of nitrogens with zero attached hydrogens (tertiary/aromatic N) is 1. The van der Waals surface area contributed by atoms with Crippen LogP contribution in [0, 0.1) is 15.9 Å². The maximum Gasteiger partial charge on any atom is 0.271 e. The molecule has 0 atom stereocenters. The van der Waals surface area contributed by atoms with Gasteiger partial charge < -0.3 is 5.32 Å². The molecule has 0 aliphatic rings. The summed E-state index contributed by atoms with van der Waals surface area (Å²) < 4.78 is 13.6. The van der Waals surface area contributed by atoms with Gasteiger partial charge in [0.05, 0.1) is 21.4 Å². The molecular weight excluding hydrogens is 378 g/mol.